The van der Waals surface area contributed by atoms with E-state index in [1.807, 2.05) is 50.5 Å². The van der Waals surface area contributed by atoms with Crippen molar-refractivity contribution in [3.05, 3.63) is 101 Å². The number of amides is 3. The molecule has 0 unspecified atom stereocenters. The molecule has 4 aromatic rings. The van der Waals surface area contributed by atoms with E-state index in [0.717, 1.165) is 28.3 Å². The number of hydrogen-bond acceptors (Lipinski definition) is 7. The molecule has 0 radical (unpaired) electrons. The second-order valence-electron chi connectivity index (χ2n) is 14.5. The number of aryl methyl sites for hydroxylation is 1. The minimum absolute atomic E-state index is 0.0920. The van der Waals surface area contributed by atoms with Gasteiger partial charge in [0.1, 0.15) is 22.9 Å². The number of nitrogens with zero attached hydrogens (tertiary/aromatic N) is 4. The summed E-state index contributed by atoms with van der Waals surface area (Å²) in [6.07, 6.45) is 4.14. The highest BCUT2D eigenvalue weighted by atomic mass is 19.1. The highest BCUT2D eigenvalue weighted by molar-refractivity contribution is 5.93. The lowest BCUT2D eigenvalue weighted by atomic mass is 9.88. The normalized spacial score (nSPS) is 16.6. The number of rotatable bonds is 7. The SMILES string of the molecule is Cc1ccc(Cn2ccnc2NC(=O)[C@@H]2CN(C(C)(C)C)C[C@H]2c2ccc(F)cc2F)c(-c2ccc(C(=O)NNC(=O)OC(C)(C)C)nc2)c1. The predicted molar refractivity (Wildman–Crippen MR) is 185 cm³/mol. The van der Waals surface area contributed by atoms with Crippen LogP contribution in [0.4, 0.5) is 19.5 Å². The van der Waals surface area contributed by atoms with Gasteiger partial charge in [-0.1, -0.05) is 35.9 Å². The molecule has 3 N–H and O–H groups in total. The van der Waals surface area contributed by atoms with Gasteiger partial charge < -0.3 is 9.30 Å². The number of benzene rings is 2. The molecule has 13 heteroatoms. The Kier molecular flexibility index (Phi) is 10.4. The molecule has 5 rings (SSSR count). The molecule has 264 valence electrons. The molecule has 3 amide bonds. The van der Waals surface area contributed by atoms with Crippen LogP contribution in [0.5, 0.6) is 0 Å². The molecule has 11 nitrogen and oxygen atoms in total. The van der Waals surface area contributed by atoms with Gasteiger partial charge in [0.15, 0.2) is 0 Å². The Balaban J connectivity index is 1.32. The van der Waals surface area contributed by atoms with E-state index in [2.05, 4.69) is 31.0 Å². The van der Waals surface area contributed by atoms with Crippen molar-refractivity contribution in [2.75, 3.05) is 18.4 Å². The van der Waals surface area contributed by atoms with Crippen LogP contribution in [-0.4, -0.2) is 61.6 Å². The molecule has 0 bridgehead atoms. The van der Waals surface area contributed by atoms with Gasteiger partial charge in [0.2, 0.25) is 11.9 Å². The second-order valence-corrected chi connectivity index (χ2v) is 14.5. The van der Waals surface area contributed by atoms with E-state index in [0.29, 0.717) is 31.1 Å². The lowest BCUT2D eigenvalue weighted by Crippen LogP contribution is -2.44. The van der Waals surface area contributed by atoms with Crippen molar-refractivity contribution in [1.29, 1.82) is 0 Å². The van der Waals surface area contributed by atoms with E-state index in [9.17, 15) is 23.2 Å². The van der Waals surface area contributed by atoms with Crippen LogP contribution < -0.4 is 16.2 Å². The number of pyridine rings is 1. The maximum atomic E-state index is 15.0. The summed E-state index contributed by atoms with van der Waals surface area (Å²) in [5.41, 5.74) is 7.45. The molecule has 3 heterocycles. The minimum atomic E-state index is -0.793. The fourth-order valence-electron chi connectivity index (χ4n) is 5.94. The largest absolute Gasteiger partial charge is 0.443 e. The van der Waals surface area contributed by atoms with Crippen LogP contribution in [0.2, 0.25) is 0 Å². The van der Waals surface area contributed by atoms with Crippen molar-refractivity contribution in [3.8, 4) is 11.1 Å². The third kappa shape index (κ3) is 8.70. The van der Waals surface area contributed by atoms with Gasteiger partial charge in [0.25, 0.3) is 5.91 Å². The molecule has 0 saturated carbocycles. The minimum Gasteiger partial charge on any atom is -0.443 e. The van der Waals surface area contributed by atoms with Crippen LogP contribution in [0, 0.1) is 24.5 Å². The average molecular weight is 688 g/mol. The Hall–Kier alpha value is -5.17. The Labute approximate surface area is 290 Å². The van der Waals surface area contributed by atoms with Crippen molar-refractivity contribution < 1.29 is 27.9 Å². The predicted octanol–water partition coefficient (Wildman–Crippen LogP) is 6.20. The van der Waals surface area contributed by atoms with E-state index in [1.165, 1.54) is 12.1 Å². The summed E-state index contributed by atoms with van der Waals surface area (Å²) in [6.45, 7) is 14.4. The lowest BCUT2D eigenvalue weighted by Gasteiger charge is -2.31. The average Bonchev–Trinajstić information content (AvgIpc) is 3.67. The fraction of sp³-hybridized carbons (Fsp3) is 0.378. The number of halogens is 2. The zero-order valence-electron chi connectivity index (χ0n) is 29.3. The lowest BCUT2D eigenvalue weighted by molar-refractivity contribution is -0.120. The highest BCUT2D eigenvalue weighted by Gasteiger charge is 2.43. The van der Waals surface area contributed by atoms with Gasteiger partial charge in [-0.05, 0) is 77.3 Å². The third-order valence-corrected chi connectivity index (χ3v) is 8.51. The molecule has 2 aromatic heterocycles. The van der Waals surface area contributed by atoms with E-state index in [4.69, 9.17) is 4.74 Å². The number of aromatic nitrogens is 3. The van der Waals surface area contributed by atoms with Crippen molar-refractivity contribution in [2.45, 2.75) is 72.1 Å². The summed E-state index contributed by atoms with van der Waals surface area (Å²) in [5, 5.41) is 2.97. The molecule has 1 aliphatic rings. The van der Waals surface area contributed by atoms with Gasteiger partial charge in [0, 0.05) is 54.8 Å². The summed E-state index contributed by atoms with van der Waals surface area (Å²) in [5.74, 6) is -3.00. The van der Waals surface area contributed by atoms with Crippen molar-refractivity contribution in [2.24, 2.45) is 5.92 Å². The van der Waals surface area contributed by atoms with Gasteiger partial charge in [0.05, 0.1) is 12.5 Å². The van der Waals surface area contributed by atoms with Crippen LogP contribution >= 0.6 is 0 Å². The molecule has 1 fully saturated rings. The molecule has 2 atom stereocenters. The van der Waals surface area contributed by atoms with Crippen LogP contribution in [-0.2, 0) is 16.1 Å². The number of nitrogens with one attached hydrogen (secondary N) is 3. The van der Waals surface area contributed by atoms with Crippen LogP contribution in [0.3, 0.4) is 0 Å². The summed E-state index contributed by atoms with van der Waals surface area (Å²) >= 11 is 0. The topological polar surface area (TPSA) is 130 Å². The first kappa shape index (κ1) is 36.1. The molecule has 2 aromatic carbocycles. The monoisotopic (exact) mass is 687 g/mol. The van der Waals surface area contributed by atoms with Crippen LogP contribution in [0.15, 0.2) is 67.1 Å². The van der Waals surface area contributed by atoms with E-state index in [-0.39, 0.29) is 17.1 Å². The standard InChI is InChI=1S/C37H43F2N7O4/c1-22-8-9-24(27(16-22)23-10-13-31(41-18-23)33(48)43-44-35(49)50-37(5,6)7)19-45-15-14-40-34(45)42-32(47)29-21-46(36(2,3)4)20-28(29)26-12-11-25(38)17-30(26)39/h8-18,28-29H,19-21H2,1-7H3,(H,43,48)(H,44,49)(H,40,42,47)/t28-,29+/m0/s1. The zero-order chi connectivity index (χ0) is 36.4. The number of carbonyl (C=O) groups excluding carboxylic acids is 3. The van der Waals surface area contributed by atoms with E-state index < -0.39 is 41.1 Å². The molecule has 0 spiro atoms. The van der Waals surface area contributed by atoms with Gasteiger partial charge in [-0.25, -0.2) is 24.0 Å². The number of ether oxygens (including phenoxy) is 1. The van der Waals surface area contributed by atoms with Gasteiger partial charge in [-0.3, -0.25) is 30.2 Å². The quantitative estimate of drug-likeness (QED) is 0.197. The summed E-state index contributed by atoms with van der Waals surface area (Å²) < 4.78 is 35.7. The zero-order valence-corrected chi connectivity index (χ0v) is 29.3. The second kappa shape index (κ2) is 14.4. The molecule has 0 aliphatic carbocycles. The van der Waals surface area contributed by atoms with Crippen LogP contribution in [0.1, 0.15) is 74.6 Å². The molecular formula is C37H43F2N7O4. The van der Waals surface area contributed by atoms with E-state index in [1.54, 1.807) is 51.5 Å². The molecule has 1 aliphatic heterocycles. The first-order valence-electron chi connectivity index (χ1n) is 16.4. The molecule has 1 saturated heterocycles. The first-order chi connectivity index (χ1) is 23.5. The van der Waals surface area contributed by atoms with Gasteiger partial charge >= 0.3 is 6.09 Å². The van der Waals surface area contributed by atoms with Crippen molar-refractivity contribution in [1.82, 2.24) is 30.3 Å². The highest BCUT2D eigenvalue weighted by Crippen LogP contribution is 2.38. The number of anilines is 1. The maximum absolute atomic E-state index is 15.0. The van der Waals surface area contributed by atoms with Crippen LogP contribution in [0.25, 0.3) is 11.1 Å². The van der Waals surface area contributed by atoms with E-state index >= 15 is 0 Å². The summed E-state index contributed by atoms with van der Waals surface area (Å²) in [4.78, 5) is 49.2. The molecule has 50 heavy (non-hydrogen) atoms. The Bertz CT molecular complexity index is 1880. The number of carbonyl (C=O) groups is 3. The Morgan fingerprint density at radius 1 is 0.940 bits per heavy atom. The van der Waals surface area contributed by atoms with Gasteiger partial charge in [-0.2, -0.15) is 0 Å². The molecular weight excluding hydrogens is 644 g/mol. The first-order valence-corrected chi connectivity index (χ1v) is 16.4. The maximum Gasteiger partial charge on any atom is 0.426 e. The third-order valence-electron chi connectivity index (χ3n) is 8.51. The number of hydrazine groups is 1. The summed E-state index contributed by atoms with van der Waals surface area (Å²) in [7, 11) is 0. The number of likely N-dealkylation sites (tertiary alicyclic amines) is 1. The smallest absolute Gasteiger partial charge is 0.426 e. The Morgan fingerprint density at radius 3 is 2.36 bits per heavy atom. The number of imidazole rings is 1. The van der Waals surface area contributed by atoms with Crippen molar-refractivity contribution >= 4 is 23.9 Å². The van der Waals surface area contributed by atoms with Gasteiger partial charge in [-0.15, -0.1) is 0 Å². The summed E-state index contributed by atoms with van der Waals surface area (Å²) in [6, 6.07) is 12.8. The van der Waals surface area contributed by atoms with Crippen molar-refractivity contribution in [3.63, 3.8) is 0 Å². The number of hydrogen-bond donors (Lipinski definition) is 3. The fourth-order valence-corrected chi connectivity index (χ4v) is 5.94. The Morgan fingerprint density at radius 2 is 1.70 bits per heavy atom.